The van der Waals surface area contributed by atoms with Crippen LogP contribution in [-0.4, -0.2) is 15.2 Å². The van der Waals surface area contributed by atoms with E-state index in [9.17, 15) is 4.79 Å². The van der Waals surface area contributed by atoms with Gasteiger partial charge >= 0.3 is 5.63 Å². The van der Waals surface area contributed by atoms with E-state index < -0.39 is 0 Å². The molecule has 5 nitrogen and oxygen atoms in total. The van der Waals surface area contributed by atoms with E-state index in [1.807, 2.05) is 18.2 Å². The maximum absolute atomic E-state index is 11.9. The molecule has 0 aliphatic carbocycles. The summed E-state index contributed by atoms with van der Waals surface area (Å²) < 4.78 is 5.36. The summed E-state index contributed by atoms with van der Waals surface area (Å²) >= 11 is 3.21. The van der Waals surface area contributed by atoms with Gasteiger partial charge in [-0.3, -0.25) is 5.10 Å². The van der Waals surface area contributed by atoms with Gasteiger partial charge in [0.25, 0.3) is 0 Å². The number of aryl methyl sites for hydroxylation is 1. The Labute approximate surface area is 158 Å². The predicted octanol–water partition coefficient (Wildman–Crippen LogP) is 4.42. The molecule has 0 unspecified atom stereocenters. The van der Waals surface area contributed by atoms with Gasteiger partial charge in [-0.1, -0.05) is 36.9 Å². The van der Waals surface area contributed by atoms with Crippen molar-refractivity contribution in [2.75, 3.05) is 0 Å². The van der Waals surface area contributed by atoms with E-state index in [0.717, 1.165) is 35.2 Å². The second-order valence-electron chi connectivity index (χ2n) is 5.88. The molecule has 26 heavy (non-hydrogen) atoms. The van der Waals surface area contributed by atoms with Gasteiger partial charge in [-0.2, -0.15) is 0 Å². The quantitative estimate of drug-likeness (QED) is 0.394. The summed E-state index contributed by atoms with van der Waals surface area (Å²) in [6, 6.07) is 11.7. The first-order chi connectivity index (χ1) is 12.7. The van der Waals surface area contributed by atoms with E-state index in [-0.39, 0.29) is 5.63 Å². The van der Waals surface area contributed by atoms with Crippen molar-refractivity contribution in [1.82, 2.24) is 15.2 Å². The van der Waals surface area contributed by atoms with Gasteiger partial charge in [0, 0.05) is 28.5 Å². The first kappa shape index (κ1) is 17.1. The molecule has 0 spiro atoms. The van der Waals surface area contributed by atoms with Crippen LogP contribution in [0.3, 0.4) is 0 Å². The highest BCUT2D eigenvalue weighted by Gasteiger charge is 2.10. The molecule has 0 atom stereocenters. The van der Waals surface area contributed by atoms with E-state index >= 15 is 0 Å². The van der Waals surface area contributed by atoms with Gasteiger partial charge in [0.2, 0.25) is 5.16 Å². The molecule has 4 aromatic rings. The molecule has 0 radical (unpaired) electrons. The lowest BCUT2D eigenvalue weighted by molar-refractivity contribution is 0.559. The second kappa shape index (κ2) is 7.47. The van der Waals surface area contributed by atoms with Crippen molar-refractivity contribution in [3.05, 3.63) is 74.0 Å². The fourth-order valence-corrected chi connectivity index (χ4v) is 4.27. The summed E-state index contributed by atoms with van der Waals surface area (Å²) in [6.45, 7) is 2.08. The van der Waals surface area contributed by atoms with Crippen LogP contribution in [0.1, 0.15) is 28.8 Å². The summed E-state index contributed by atoms with van der Waals surface area (Å²) in [6.07, 6.45) is 1.66. The maximum Gasteiger partial charge on any atom is 0.336 e. The Morgan fingerprint density at radius 3 is 3.00 bits per heavy atom. The number of nitrogens with zero attached hydrogens (tertiary/aromatic N) is 2. The minimum atomic E-state index is -0.324. The largest absolute Gasteiger partial charge is 0.423 e. The van der Waals surface area contributed by atoms with Crippen LogP contribution < -0.4 is 5.63 Å². The molecule has 7 heteroatoms. The molecular formula is C19H17N3O2S2. The fraction of sp³-hybridized carbons (Fsp3) is 0.211. The van der Waals surface area contributed by atoms with Gasteiger partial charge in [0.05, 0.1) is 0 Å². The molecule has 3 aromatic heterocycles. The van der Waals surface area contributed by atoms with Crippen molar-refractivity contribution in [2.45, 2.75) is 30.7 Å². The van der Waals surface area contributed by atoms with E-state index in [1.54, 1.807) is 17.4 Å². The minimum absolute atomic E-state index is 0.324. The number of aromatic nitrogens is 3. The number of hydrogen-bond donors (Lipinski definition) is 1. The zero-order chi connectivity index (χ0) is 17.9. The van der Waals surface area contributed by atoms with Gasteiger partial charge in [-0.15, -0.1) is 16.4 Å². The van der Waals surface area contributed by atoms with Crippen molar-refractivity contribution >= 4 is 34.1 Å². The van der Waals surface area contributed by atoms with Gasteiger partial charge in [-0.05, 0) is 35.1 Å². The molecule has 0 aliphatic rings. The standard InChI is InChI=1S/C19H17N3O2S2/c1-2-12-5-6-15-13(9-18(23)24-16(15)8-12)11-26-19-20-17(21-22-19)10-14-4-3-7-25-14/h3-9H,2,10-11H2,1H3,(H,20,21,22). The summed E-state index contributed by atoms with van der Waals surface area (Å²) in [5.74, 6) is 1.46. The lowest BCUT2D eigenvalue weighted by Crippen LogP contribution is -2.00. The Bertz CT molecular complexity index is 1080. The van der Waals surface area contributed by atoms with Crippen molar-refractivity contribution in [3.8, 4) is 0 Å². The van der Waals surface area contributed by atoms with Crippen LogP contribution in [0, 0.1) is 0 Å². The third-order valence-electron chi connectivity index (χ3n) is 4.09. The predicted molar refractivity (Wildman–Crippen MR) is 105 cm³/mol. The van der Waals surface area contributed by atoms with Crippen LogP contribution in [0.5, 0.6) is 0 Å². The van der Waals surface area contributed by atoms with Crippen LogP contribution in [-0.2, 0) is 18.6 Å². The van der Waals surface area contributed by atoms with Crippen molar-refractivity contribution < 1.29 is 4.42 Å². The molecule has 0 aliphatic heterocycles. The Balaban J connectivity index is 1.53. The van der Waals surface area contributed by atoms with Gasteiger partial charge in [-0.25, -0.2) is 9.78 Å². The Kier molecular flexibility index (Phi) is 4.90. The van der Waals surface area contributed by atoms with Crippen molar-refractivity contribution in [3.63, 3.8) is 0 Å². The molecule has 3 heterocycles. The number of aromatic amines is 1. The number of fused-ring (bicyclic) bond motifs is 1. The monoisotopic (exact) mass is 383 g/mol. The summed E-state index contributed by atoms with van der Waals surface area (Å²) in [4.78, 5) is 17.7. The molecule has 0 bridgehead atoms. The molecule has 1 N–H and O–H groups in total. The molecule has 132 valence electrons. The van der Waals surface area contributed by atoms with Gasteiger partial charge in [0.15, 0.2) is 0 Å². The highest BCUT2D eigenvalue weighted by Crippen LogP contribution is 2.25. The third-order valence-corrected chi connectivity index (χ3v) is 5.87. The first-order valence-corrected chi connectivity index (χ1v) is 10.2. The highest BCUT2D eigenvalue weighted by molar-refractivity contribution is 7.98. The summed E-state index contributed by atoms with van der Waals surface area (Å²) in [7, 11) is 0. The number of thioether (sulfide) groups is 1. The minimum Gasteiger partial charge on any atom is -0.423 e. The maximum atomic E-state index is 11.9. The number of H-pyrrole nitrogens is 1. The third kappa shape index (κ3) is 3.73. The van der Waals surface area contributed by atoms with E-state index in [0.29, 0.717) is 16.5 Å². The number of hydrogen-bond acceptors (Lipinski definition) is 6. The molecular weight excluding hydrogens is 366 g/mol. The number of thiophene rings is 1. The second-order valence-corrected chi connectivity index (χ2v) is 7.86. The Morgan fingerprint density at radius 2 is 2.19 bits per heavy atom. The van der Waals surface area contributed by atoms with Crippen LogP contribution in [0.15, 0.2) is 56.1 Å². The van der Waals surface area contributed by atoms with Crippen LogP contribution in [0.2, 0.25) is 0 Å². The van der Waals surface area contributed by atoms with E-state index in [1.165, 1.54) is 16.6 Å². The van der Waals surface area contributed by atoms with Gasteiger partial charge < -0.3 is 4.42 Å². The summed E-state index contributed by atoms with van der Waals surface area (Å²) in [5, 5.41) is 11.0. The van der Waals surface area contributed by atoms with Crippen LogP contribution >= 0.6 is 23.1 Å². The molecule has 0 fully saturated rings. The van der Waals surface area contributed by atoms with Gasteiger partial charge in [0.1, 0.15) is 11.4 Å². The van der Waals surface area contributed by atoms with E-state index in [2.05, 4.69) is 39.6 Å². The van der Waals surface area contributed by atoms with Crippen molar-refractivity contribution in [2.24, 2.45) is 0 Å². The normalized spacial score (nSPS) is 11.3. The smallest absolute Gasteiger partial charge is 0.336 e. The highest BCUT2D eigenvalue weighted by atomic mass is 32.2. The molecule has 0 saturated carbocycles. The summed E-state index contributed by atoms with van der Waals surface area (Å²) in [5.41, 5.74) is 2.40. The van der Waals surface area contributed by atoms with Crippen LogP contribution in [0.4, 0.5) is 0 Å². The molecule has 1 aromatic carbocycles. The number of benzene rings is 1. The van der Waals surface area contributed by atoms with E-state index in [4.69, 9.17) is 4.42 Å². The van der Waals surface area contributed by atoms with Crippen molar-refractivity contribution in [1.29, 1.82) is 0 Å². The lowest BCUT2D eigenvalue weighted by atomic mass is 10.1. The van der Waals surface area contributed by atoms with Crippen LogP contribution in [0.25, 0.3) is 11.0 Å². The lowest BCUT2D eigenvalue weighted by Gasteiger charge is -2.05. The first-order valence-electron chi connectivity index (χ1n) is 8.33. The zero-order valence-corrected chi connectivity index (χ0v) is 15.8. The fourth-order valence-electron chi connectivity index (χ4n) is 2.76. The average Bonchev–Trinajstić information content (AvgIpc) is 3.31. The molecule has 0 amide bonds. The zero-order valence-electron chi connectivity index (χ0n) is 14.2. The Morgan fingerprint density at radius 1 is 1.27 bits per heavy atom. The molecule has 0 saturated heterocycles. The topological polar surface area (TPSA) is 71.8 Å². The SMILES string of the molecule is CCc1ccc2c(CSc3n[nH]c(Cc4cccs4)n3)cc(=O)oc2c1. The Hall–Kier alpha value is -2.38. The number of nitrogens with one attached hydrogen (secondary N) is 1. The average molecular weight is 383 g/mol. The number of rotatable bonds is 6. The molecule has 4 rings (SSSR count).